The van der Waals surface area contributed by atoms with E-state index in [-0.39, 0.29) is 18.4 Å². The van der Waals surface area contributed by atoms with Gasteiger partial charge in [0, 0.05) is 36.8 Å². The molecule has 0 spiro atoms. The van der Waals surface area contributed by atoms with Crippen LogP contribution in [-0.2, 0) is 17.8 Å². The highest BCUT2D eigenvalue weighted by atomic mass is 79.9. The SMILES string of the molecule is COc1ccc(CN2C[C@@H](CC(=O)O)N3CCCc4c(Br)sc(c43)C2=O)c(OC)c1. The number of carbonyl (C=O) groups excluding carboxylic acids is 1. The van der Waals surface area contributed by atoms with Gasteiger partial charge in [-0.25, -0.2) is 0 Å². The molecule has 0 fully saturated rings. The van der Waals surface area contributed by atoms with Gasteiger partial charge in [0.05, 0.1) is 36.2 Å². The number of hydrogen-bond acceptors (Lipinski definition) is 6. The van der Waals surface area contributed by atoms with Crippen molar-refractivity contribution >= 4 is 44.8 Å². The maximum atomic E-state index is 13.5. The quantitative estimate of drug-likeness (QED) is 0.658. The van der Waals surface area contributed by atoms with Gasteiger partial charge in [0.1, 0.15) is 16.4 Å². The minimum Gasteiger partial charge on any atom is -0.497 e. The summed E-state index contributed by atoms with van der Waals surface area (Å²) in [6.07, 6.45) is 1.82. The summed E-state index contributed by atoms with van der Waals surface area (Å²) in [6.45, 7) is 1.44. The fraction of sp³-hybridized carbons (Fsp3) is 0.429. The lowest BCUT2D eigenvalue weighted by Gasteiger charge is -2.36. The number of benzene rings is 1. The van der Waals surface area contributed by atoms with E-state index in [2.05, 4.69) is 20.8 Å². The Kier molecular flexibility index (Phi) is 5.92. The van der Waals surface area contributed by atoms with Crippen molar-refractivity contribution in [1.29, 1.82) is 0 Å². The van der Waals surface area contributed by atoms with Gasteiger partial charge in [0.15, 0.2) is 0 Å². The normalized spacial score (nSPS) is 18.1. The van der Waals surface area contributed by atoms with Gasteiger partial charge in [-0.15, -0.1) is 11.3 Å². The highest BCUT2D eigenvalue weighted by molar-refractivity contribution is 9.11. The molecule has 1 amide bonds. The van der Waals surface area contributed by atoms with Crippen LogP contribution in [0.1, 0.15) is 33.6 Å². The second-order valence-corrected chi connectivity index (χ2v) is 9.78. The van der Waals surface area contributed by atoms with Crippen LogP contribution in [0.15, 0.2) is 22.0 Å². The van der Waals surface area contributed by atoms with E-state index >= 15 is 0 Å². The maximum absolute atomic E-state index is 13.5. The highest BCUT2D eigenvalue weighted by Gasteiger charge is 2.39. The Morgan fingerprint density at radius 2 is 2.13 bits per heavy atom. The van der Waals surface area contributed by atoms with Crippen molar-refractivity contribution < 1.29 is 24.2 Å². The van der Waals surface area contributed by atoms with E-state index in [4.69, 9.17) is 9.47 Å². The molecule has 30 heavy (non-hydrogen) atoms. The van der Waals surface area contributed by atoms with Gasteiger partial charge in [-0.1, -0.05) is 0 Å². The summed E-state index contributed by atoms with van der Waals surface area (Å²) < 4.78 is 11.7. The summed E-state index contributed by atoms with van der Waals surface area (Å²) >= 11 is 5.06. The molecule has 2 aliphatic heterocycles. The minimum atomic E-state index is -0.862. The van der Waals surface area contributed by atoms with Gasteiger partial charge in [-0.3, -0.25) is 9.59 Å². The van der Waals surface area contributed by atoms with Crippen LogP contribution in [0, 0.1) is 0 Å². The number of anilines is 1. The van der Waals surface area contributed by atoms with Crippen LogP contribution in [0.4, 0.5) is 5.69 Å². The minimum absolute atomic E-state index is 0.0180. The Morgan fingerprint density at radius 1 is 1.33 bits per heavy atom. The largest absolute Gasteiger partial charge is 0.497 e. The number of ether oxygens (including phenoxy) is 2. The summed E-state index contributed by atoms with van der Waals surface area (Å²) in [6, 6.07) is 5.23. The third-order valence-electron chi connectivity index (χ3n) is 5.66. The Balaban J connectivity index is 1.74. The predicted octanol–water partition coefficient (Wildman–Crippen LogP) is 3.78. The van der Waals surface area contributed by atoms with Crippen LogP contribution in [0.3, 0.4) is 0 Å². The molecule has 4 rings (SSSR count). The molecule has 0 aliphatic carbocycles. The van der Waals surface area contributed by atoms with E-state index < -0.39 is 5.97 Å². The fourth-order valence-electron chi connectivity index (χ4n) is 4.28. The van der Waals surface area contributed by atoms with Crippen LogP contribution in [0.5, 0.6) is 11.5 Å². The summed E-state index contributed by atoms with van der Waals surface area (Å²) in [4.78, 5) is 29.7. The van der Waals surface area contributed by atoms with Crippen molar-refractivity contribution in [3.63, 3.8) is 0 Å². The second kappa shape index (κ2) is 8.47. The average molecular weight is 495 g/mol. The van der Waals surface area contributed by atoms with Crippen LogP contribution >= 0.6 is 27.3 Å². The number of thiophene rings is 1. The predicted molar refractivity (Wildman–Crippen MR) is 118 cm³/mol. The number of carboxylic acids is 1. The van der Waals surface area contributed by atoms with E-state index in [0.717, 1.165) is 40.0 Å². The van der Waals surface area contributed by atoms with Gasteiger partial charge < -0.3 is 24.4 Å². The Hall–Kier alpha value is -2.26. The number of carbonyl (C=O) groups is 2. The number of rotatable bonds is 6. The number of aliphatic carboxylic acids is 1. The van der Waals surface area contributed by atoms with Gasteiger partial charge in [-0.05, 0) is 40.9 Å². The van der Waals surface area contributed by atoms with Crippen LogP contribution < -0.4 is 14.4 Å². The van der Waals surface area contributed by atoms with Gasteiger partial charge in [-0.2, -0.15) is 0 Å². The maximum Gasteiger partial charge on any atom is 0.305 e. The number of carboxylic acid groups (broad SMARTS) is 1. The number of nitrogens with zero attached hydrogens (tertiary/aromatic N) is 2. The second-order valence-electron chi connectivity index (χ2n) is 7.44. The van der Waals surface area contributed by atoms with Crippen molar-refractivity contribution in [2.24, 2.45) is 0 Å². The van der Waals surface area contributed by atoms with Crippen LogP contribution in [-0.4, -0.2) is 55.2 Å². The van der Waals surface area contributed by atoms with E-state index in [0.29, 0.717) is 29.5 Å². The molecule has 1 aromatic heterocycles. The molecule has 3 heterocycles. The summed E-state index contributed by atoms with van der Waals surface area (Å²) in [7, 11) is 3.17. The summed E-state index contributed by atoms with van der Waals surface area (Å²) in [5, 5.41) is 9.52. The zero-order chi connectivity index (χ0) is 21.4. The Labute approximate surface area is 187 Å². The molecule has 160 valence electrons. The lowest BCUT2D eigenvalue weighted by molar-refractivity contribution is -0.137. The molecular formula is C21H23BrN2O5S. The number of hydrogen-bond donors (Lipinski definition) is 1. The van der Waals surface area contributed by atoms with E-state index in [1.165, 1.54) is 11.3 Å². The molecule has 0 saturated carbocycles. The lowest BCUT2D eigenvalue weighted by Crippen LogP contribution is -2.45. The fourth-order valence-corrected chi connectivity index (χ4v) is 6.20. The first-order valence-electron chi connectivity index (χ1n) is 9.72. The summed E-state index contributed by atoms with van der Waals surface area (Å²) in [5.41, 5.74) is 2.88. The van der Waals surface area contributed by atoms with Crippen molar-refractivity contribution in [3.05, 3.63) is 38.0 Å². The zero-order valence-electron chi connectivity index (χ0n) is 16.8. The first-order valence-corrected chi connectivity index (χ1v) is 11.3. The van der Waals surface area contributed by atoms with E-state index in [1.807, 2.05) is 12.1 Å². The molecule has 7 nitrogen and oxygen atoms in total. The summed E-state index contributed by atoms with van der Waals surface area (Å²) in [5.74, 6) is 0.377. The molecule has 0 unspecified atom stereocenters. The molecule has 2 aromatic rings. The molecule has 1 atom stereocenters. The molecule has 9 heteroatoms. The molecule has 1 N–H and O–H groups in total. The molecule has 0 bridgehead atoms. The number of amides is 1. The van der Waals surface area contributed by atoms with Crippen LogP contribution in [0.2, 0.25) is 0 Å². The van der Waals surface area contributed by atoms with Crippen LogP contribution in [0.25, 0.3) is 0 Å². The molecule has 0 radical (unpaired) electrons. The van der Waals surface area contributed by atoms with E-state index in [9.17, 15) is 14.7 Å². The first kappa shape index (κ1) is 21.0. The van der Waals surface area contributed by atoms with Gasteiger partial charge >= 0.3 is 5.97 Å². The molecular weight excluding hydrogens is 472 g/mol. The molecule has 1 aromatic carbocycles. The smallest absolute Gasteiger partial charge is 0.305 e. The molecule has 0 saturated heterocycles. The third kappa shape index (κ3) is 3.76. The van der Waals surface area contributed by atoms with Gasteiger partial charge in [0.2, 0.25) is 0 Å². The van der Waals surface area contributed by atoms with E-state index in [1.54, 1.807) is 25.2 Å². The Bertz CT molecular complexity index is 992. The Morgan fingerprint density at radius 3 is 2.83 bits per heavy atom. The van der Waals surface area contributed by atoms with Crippen molar-refractivity contribution in [3.8, 4) is 11.5 Å². The topological polar surface area (TPSA) is 79.3 Å². The van der Waals surface area contributed by atoms with Crippen molar-refractivity contribution in [1.82, 2.24) is 4.90 Å². The number of halogens is 1. The molecule has 2 aliphatic rings. The highest BCUT2D eigenvalue weighted by Crippen LogP contribution is 2.46. The van der Waals surface area contributed by atoms with Crippen molar-refractivity contribution in [2.45, 2.75) is 31.8 Å². The zero-order valence-corrected chi connectivity index (χ0v) is 19.2. The average Bonchev–Trinajstić information content (AvgIpc) is 3.03. The third-order valence-corrected chi connectivity index (χ3v) is 7.62. The standard InChI is InChI=1S/C21H23BrN2O5S/c1-28-14-6-5-12(16(9-14)29-2)10-23-11-13(8-17(25)26)24-7-3-4-15-18(24)19(21(23)27)30-20(15)22/h5-6,9,13H,3-4,7-8,10-11H2,1-2H3,(H,25,26)/t13-/m1/s1. The van der Waals surface area contributed by atoms with Gasteiger partial charge in [0.25, 0.3) is 5.91 Å². The first-order chi connectivity index (χ1) is 14.4. The lowest BCUT2D eigenvalue weighted by atomic mass is 10.0. The number of methoxy groups -OCH3 is 2. The van der Waals surface area contributed by atoms with Crippen molar-refractivity contribution in [2.75, 3.05) is 32.2 Å². The monoisotopic (exact) mass is 494 g/mol.